The van der Waals surface area contributed by atoms with Gasteiger partial charge >= 0.3 is 0 Å². The number of halogens is 1. The molecule has 0 saturated heterocycles. The summed E-state index contributed by atoms with van der Waals surface area (Å²) in [6.45, 7) is 0. The number of likely N-dealkylation sites (N-methyl/N-ethyl adjacent to an activating group) is 1. The SMILES string of the molecule is CN1C(=O)C(Cc2ccc(-c3cc[nH]c(=O)c3)cc2)NC(=O)c2cc(OI)ccc21. The molecule has 2 amide bonds. The molecule has 0 spiro atoms. The van der Waals surface area contributed by atoms with Gasteiger partial charge in [-0.2, -0.15) is 0 Å². The molecule has 0 aliphatic carbocycles. The molecule has 1 aliphatic rings. The summed E-state index contributed by atoms with van der Waals surface area (Å²) >= 11 is 1.75. The van der Waals surface area contributed by atoms with E-state index in [-0.39, 0.29) is 17.4 Å². The first-order valence-electron chi connectivity index (χ1n) is 9.25. The van der Waals surface area contributed by atoms with Gasteiger partial charge in [0.2, 0.25) is 11.5 Å². The van der Waals surface area contributed by atoms with Gasteiger partial charge in [0.15, 0.2) is 23.0 Å². The zero-order chi connectivity index (χ0) is 21.3. The van der Waals surface area contributed by atoms with Crippen LogP contribution in [0.4, 0.5) is 5.69 Å². The number of hydrogen-bond donors (Lipinski definition) is 2. The minimum absolute atomic E-state index is 0.165. The first-order chi connectivity index (χ1) is 14.5. The molecule has 3 aromatic rings. The summed E-state index contributed by atoms with van der Waals surface area (Å²) in [4.78, 5) is 41.3. The Balaban J connectivity index is 1.57. The van der Waals surface area contributed by atoms with Crippen LogP contribution in [-0.4, -0.2) is 29.9 Å². The second-order valence-corrected chi connectivity index (χ2v) is 7.46. The number of aromatic nitrogens is 1. The summed E-state index contributed by atoms with van der Waals surface area (Å²) in [5, 5.41) is 2.84. The van der Waals surface area contributed by atoms with Crippen molar-refractivity contribution in [1.82, 2.24) is 10.3 Å². The maximum absolute atomic E-state index is 13.0. The third-order valence-corrected chi connectivity index (χ3v) is 5.61. The van der Waals surface area contributed by atoms with Gasteiger partial charge in [-0.05, 0) is 41.0 Å². The van der Waals surface area contributed by atoms with Crippen molar-refractivity contribution in [3.05, 3.63) is 82.3 Å². The molecule has 2 N–H and O–H groups in total. The average molecular weight is 515 g/mol. The molecular formula is C22H18IN3O4. The van der Waals surface area contributed by atoms with Gasteiger partial charge in [0.25, 0.3) is 5.91 Å². The number of hydrogen-bond acceptors (Lipinski definition) is 4. The van der Waals surface area contributed by atoms with Gasteiger partial charge in [-0.1, -0.05) is 24.3 Å². The Kier molecular flexibility index (Phi) is 5.58. The first kappa shape index (κ1) is 20.1. The number of amides is 2. The Labute approximate surface area is 186 Å². The maximum Gasteiger partial charge on any atom is 0.254 e. The molecule has 30 heavy (non-hydrogen) atoms. The van der Waals surface area contributed by atoms with E-state index in [4.69, 9.17) is 3.07 Å². The van der Waals surface area contributed by atoms with Gasteiger partial charge < -0.3 is 18.3 Å². The second-order valence-electron chi connectivity index (χ2n) is 7.02. The van der Waals surface area contributed by atoms with Crippen molar-refractivity contribution < 1.29 is 12.7 Å². The molecule has 1 aliphatic heterocycles. The summed E-state index contributed by atoms with van der Waals surface area (Å²) in [5.41, 5.74) is 3.39. The Morgan fingerprint density at radius 3 is 2.47 bits per heavy atom. The molecule has 0 bridgehead atoms. The quantitative estimate of drug-likeness (QED) is 0.523. The molecule has 1 atom stereocenters. The van der Waals surface area contributed by atoms with E-state index in [2.05, 4.69) is 10.3 Å². The predicted molar refractivity (Wildman–Crippen MR) is 122 cm³/mol. The smallest absolute Gasteiger partial charge is 0.254 e. The summed E-state index contributed by atoms with van der Waals surface area (Å²) in [6.07, 6.45) is 1.96. The number of benzene rings is 2. The lowest BCUT2D eigenvalue weighted by atomic mass is 10.0. The summed E-state index contributed by atoms with van der Waals surface area (Å²) in [5.74, 6) is 0.0335. The molecule has 0 saturated carbocycles. The zero-order valence-corrected chi connectivity index (χ0v) is 18.2. The maximum atomic E-state index is 13.0. The number of carbonyl (C=O) groups is 2. The molecule has 0 fully saturated rings. The lowest BCUT2D eigenvalue weighted by molar-refractivity contribution is -0.120. The van der Waals surface area contributed by atoms with Crippen LogP contribution < -0.4 is 18.8 Å². The Morgan fingerprint density at radius 2 is 1.77 bits per heavy atom. The fraction of sp³-hybridized carbons (Fsp3) is 0.136. The molecule has 1 aromatic heterocycles. The summed E-state index contributed by atoms with van der Waals surface area (Å²) < 4.78 is 5.17. The van der Waals surface area contributed by atoms with E-state index in [1.54, 1.807) is 54.4 Å². The highest BCUT2D eigenvalue weighted by Crippen LogP contribution is 2.29. The summed E-state index contributed by atoms with van der Waals surface area (Å²) in [7, 11) is 1.66. The van der Waals surface area contributed by atoms with Crippen LogP contribution in [0.5, 0.6) is 5.75 Å². The molecule has 0 radical (unpaired) electrons. The van der Waals surface area contributed by atoms with Crippen LogP contribution >= 0.6 is 23.0 Å². The van der Waals surface area contributed by atoms with Crippen molar-refractivity contribution in [2.75, 3.05) is 11.9 Å². The van der Waals surface area contributed by atoms with E-state index in [0.29, 0.717) is 23.4 Å². The minimum atomic E-state index is -0.690. The van der Waals surface area contributed by atoms with Crippen LogP contribution in [0.3, 0.4) is 0 Å². The van der Waals surface area contributed by atoms with Crippen LogP contribution in [-0.2, 0) is 11.2 Å². The van der Waals surface area contributed by atoms with Gasteiger partial charge in [0, 0.05) is 25.7 Å². The number of anilines is 1. The topological polar surface area (TPSA) is 91.5 Å². The largest absolute Gasteiger partial charge is 0.428 e. The number of nitrogens with one attached hydrogen (secondary N) is 2. The van der Waals surface area contributed by atoms with Crippen molar-refractivity contribution in [3.8, 4) is 16.9 Å². The number of carbonyl (C=O) groups excluding carboxylic acids is 2. The van der Waals surface area contributed by atoms with Gasteiger partial charge in [-0.25, -0.2) is 0 Å². The van der Waals surface area contributed by atoms with Gasteiger partial charge in [0.05, 0.1) is 11.3 Å². The average Bonchev–Trinajstić information content (AvgIpc) is 2.85. The lowest BCUT2D eigenvalue weighted by Gasteiger charge is -2.21. The van der Waals surface area contributed by atoms with Crippen molar-refractivity contribution >= 4 is 40.5 Å². The second kappa shape index (κ2) is 8.31. The fourth-order valence-corrected chi connectivity index (χ4v) is 3.79. The van der Waals surface area contributed by atoms with Crippen LogP contribution in [0.25, 0.3) is 11.1 Å². The van der Waals surface area contributed by atoms with Crippen LogP contribution in [0.2, 0.25) is 0 Å². The molecule has 7 nitrogen and oxygen atoms in total. The Morgan fingerprint density at radius 1 is 1.00 bits per heavy atom. The van der Waals surface area contributed by atoms with Crippen LogP contribution in [0, 0.1) is 0 Å². The fourth-order valence-electron chi connectivity index (χ4n) is 3.52. The predicted octanol–water partition coefficient (Wildman–Crippen LogP) is 3.09. The van der Waals surface area contributed by atoms with E-state index >= 15 is 0 Å². The van der Waals surface area contributed by atoms with Crippen LogP contribution in [0.1, 0.15) is 15.9 Å². The molecule has 2 heterocycles. The Bertz CT molecular complexity index is 1170. The number of rotatable bonds is 4. The van der Waals surface area contributed by atoms with E-state index < -0.39 is 6.04 Å². The number of pyridine rings is 1. The molecular weight excluding hydrogens is 497 g/mol. The number of nitrogens with zero attached hydrogens (tertiary/aromatic N) is 1. The molecule has 2 aromatic carbocycles. The van der Waals surface area contributed by atoms with E-state index in [0.717, 1.165) is 16.7 Å². The molecule has 152 valence electrons. The number of fused-ring (bicyclic) bond motifs is 1. The highest BCUT2D eigenvalue weighted by atomic mass is 127. The number of H-pyrrole nitrogens is 1. The van der Waals surface area contributed by atoms with E-state index in [1.165, 1.54) is 11.0 Å². The standard InChI is InChI=1S/C22H18IN3O4/c1-26-19-7-6-16(30-23)12-17(19)21(28)25-18(22(26)29)10-13-2-4-14(5-3-13)15-8-9-24-20(27)11-15/h2-9,11-12,18H,10H2,1H3,(H,24,27)(H,25,28). The van der Waals surface area contributed by atoms with Gasteiger partial charge in [0.1, 0.15) is 11.8 Å². The molecule has 1 unspecified atom stereocenters. The van der Waals surface area contributed by atoms with Gasteiger partial charge in [-0.3, -0.25) is 14.4 Å². The zero-order valence-electron chi connectivity index (χ0n) is 16.0. The third kappa shape index (κ3) is 3.95. The lowest BCUT2D eigenvalue weighted by Crippen LogP contribution is -2.45. The van der Waals surface area contributed by atoms with Crippen LogP contribution in [0.15, 0.2) is 65.6 Å². The molecule has 4 rings (SSSR count). The van der Waals surface area contributed by atoms with Crippen molar-refractivity contribution in [2.24, 2.45) is 0 Å². The monoisotopic (exact) mass is 515 g/mol. The van der Waals surface area contributed by atoms with Crippen molar-refractivity contribution in [3.63, 3.8) is 0 Å². The highest BCUT2D eigenvalue weighted by molar-refractivity contribution is 14.1. The van der Waals surface area contributed by atoms with Crippen molar-refractivity contribution in [1.29, 1.82) is 0 Å². The first-order valence-corrected chi connectivity index (χ1v) is 10.1. The normalized spacial score (nSPS) is 15.9. The van der Waals surface area contributed by atoms with E-state index in [9.17, 15) is 14.4 Å². The molecule has 8 heteroatoms. The minimum Gasteiger partial charge on any atom is -0.428 e. The third-order valence-electron chi connectivity index (χ3n) is 5.10. The highest BCUT2D eigenvalue weighted by Gasteiger charge is 2.32. The number of aromatic amines is 1. The van der Waals surface area contributed by atoms with E-state index in [1.807, 2.05) is 30.3 Å². The van der Waals surface area contributed by atoms with Gasteiger partial charge in [-0.15, -0.1) is 0 Å². The Hall–Kier alpha value is -3.14. The van der Waals surface area contributed by atoms with Crippen molar-refractivity contribution in [2.45, 2.75) is 12.5 Å². The summed E-state index contributed by atoms with van der Waals surface area (Å²) in [6, 6.07) is 15.3.